The average Bonchev–Trinajstić information content (AvgIpc) is 2.15. The number of nitrogens with two attached hydrogens (primary N) is 1. The molecule has 0 saturated carbocycles. The van der Waals surface area contributed by atoms with Gasteiger partial charge in [0.15, 0.2) is 5.96 Å². The quantitative estimate of drug-likeness (QED) is 0.388. The lowest BCUT2D eigenvalue weighted by Crippen LogP contribution is -2.33. The molecule has 1 aromatic rings. The SMILES string of the molecule is NC(=NCc1ccccc1)NC(=O)S. The smallest absolute Gasteiger partial charge is 0.282 e. The molecule has 0 atom stereocenters. The summed E-state index contributed by atoms with van der Waals surface area (Å²) in [5, 5.41) is 1.75. The van der Waals surface area contributed by atoms with Crippen LogP contribution in [0, 0.1) is 0 Å². The van der Waals surface area contributed by atoms with Gasteiger partial charge in [0.1, 0.15) is 0 Å². The van der Waals surface area contributed by atoms with Gasteiger partial charge in [-0.2, -0.15) is 0 Å². The Morgan fingerprint density at radius 1 is 1.43 bits per heavy atom. The van der Waals surface area contributed by atoms with Crippen molar-refractivity contribution < 1.29 is 4.79 Å². The normalized spacial score (nSPS) is 11.1. The van der Waals surface area contributed by atoms with Gasteiger partial charge >= 0.3 is 0 Å². The molecule has 0 unspecified atom stereocenters. The van der Waals surface area contributed by atoms with Crippen LogP contribution in [0.5, 0.6) is 0 Å². The fourth-order valence-electron chi connectivity index (χ4n) is 0.909. The third-order valence-corrected chi connectivity index (χ3v) is 1.62. The molecule has 4 nitrogen and oxygen atoms in total. The highest BCUT2D eigenvalue weighted by atomic mass is 32.1. The molecule has 0 spiro atoms. The van der Waals surface area contributed by atoms with Gasteiger partial charge < -0.3 is 5.73 Å². The second kappa shape index (κ2) is 5.29. The highest BCUT2D eigenvalue weighted by molar-refractivity contribution is 7.96. The van der Waals surface area contributed by atoms with E-state index in [4.69, 9.17) is 5.73 Å². The number of nitrogens with zero attached hydrogens (tertiary/aromatic N) is 1. The van der Waals surface area contributed by atoms with Gasteiger partial charge in [-0.25, -0.2) is 4.99 Å². The van der Waals surface area contributed by atoms with Crippen molar-refractivity contribution in [2.24, 2.45) is 10.7 Å². The molecule has 74 valence electrons. The van der Waals surface area contributed by atoms with Crippen molar-refractivity contribution in [1.82, 2.24) is 5.32 Å². The molecule has 0 bridgehead atoms. The standard InChI is InChI=1S/C9H11N3OS/c10-8(12-9(13)14)11-6-7-4-2-1-3-5-7/h1-5H,6H2,(H4,10,11,12,13,14). The lowest BCUT2D eigenvalue weighted by Gasteiger charge is -2.00. The monoisotopic (exact) mass is 209 g/mol. The molecule has 1 aromatic carbocycles. The largest absolute Gasteiger partial charge is 0.370 e. The summed E-state index contributed by atoms with van der Waals surface area (Å²) in [6.07, 6.45) is 0. The Labute approximate surface area is 87.6 Å². The average molecular weight is 209 g/mol. The van der Waals surface area contributed by atoms with Gasteiger partial charge in [-0.05, 0) is 5.56 Å². The Hall–Kier alpha value is -1.49. The molecule has 14 heavy (non-hydrogen) atoms. The van der Waals surface area contributed by atoms with Crippen LogP contribution in [0.4, 0.5) is 4.79 Å². The number of hydrogen-bond acceptors (Lipinski definition) is 2. The van der Waals surface area contributed by atoms with Gasteiger partial charge in [-0.1, -0.05) is 43.0 Å². The van der Waals surface area contributed by atoms with Crippen LogP contribution in [0.1, 0.15) is 5.56 Å². The van der Waals surface area contributed by atoms with E-state index in [1.165, 1.54) is 0 Å². The van der Waals surface area contributed by atoms with Crippen LogP contribution in [-0.2, 0) is 6.54 Å². The molecule has 0 saturated heterocycles. The van der Waals surface area contributed by atoms with E-state index in [0.717, 1.165) is 5.56 Å². The van der Waals surface area contributed by atoms with E-state index in [9.17, 15) is 4.79 Å². The number of amides is 1. The summed E-state index contributed by atoms with van der Waals surface area (Å²) >= 11 is 3.51. The number of carbonyl (C=O) groups excluding carboxylic acids is 1. The van der Waals surface area contributed by atoms with Crippen molar-refractivity contribution in [2.45, 2.75) is 6.54 Å². The Kier molecular flexibility index (Phi) is 4.00. The molecule has 0 aliphatic carbocycles. The zero-order chi connectivity index (χ0) is 10.4. The predicted octanol–water partition coefficient (Wildman–Crippen LogP) is 1.14. The van der Waals surface area contributed by atoms with E-state index in [0.29, 0.717) is 6.54 Å². The molecule has 0 aliphatic rings. The Balaban J connectivity index is 2.51. The maximum absolute atomic E-state index is 10.5. The second-order valence-corrected chi connectivity index (χ2v) is 3.02. The molecule has 1 rings (SSSR count). The summed E-state index contributed by atoms with van der Waals surface area (Å²) in [5.41, 5.74) is 6.42. The maximum Gasteiger partial charge on any atom is 0.282 e. The van der Waals surface area contributed by atoms with Gasteiger partial charge in [0.05, 0.1) is 6.54 Å². The minimum atomic E-state index is -0.515. The topological polar surface area (TPSA) is 67.5 Å². The zero-order valence-electron chi connectivity index (χ0n) is 7.47. The lowest BCUT2D eigenvalue weighted by atomic mass is 10.2. The van der Waals surface area contributed by atoms with Crippen molar-refractivity contribution in [2.75, 3.05) is 0 Å². The third-order valence-electron chi connectivity index (χ3n) is 1.51. The van der Waals surface area contributed by atoms with Crippen molar-refractivity contribution in [3.63, 3.8) is 0 Å². The molecule has 0 heterocycles. The summed E-state index contributed by atoms with van der Waals surface area (Å²) < 4.78 is 0. The van der Waals surface area contributed by atoms with E-state index < -0.39 is 5.24 Å². The molecule has 5 heteroatoms. The van der Waals surface area contributed by atoms with Crippen molar-refractivity contribution >= 4 is 23.8 Å². The second-order valence-electron chi connectivity index (χ2n) is 2.62. The molecule has 3 N–H and O–H groups in total. The number of carbonyl (C=O) groups is 1. The summed E-state index contributed by atoms with van der Waals surface area (Å²) in [7, 11) is 0. The zero-order valence-corrected chi connectivity index (χ0v) is 8.37. The first-order chi connectivity index (χ1) is 6.68. The van der Waals surface area contributed by atoms with E-state index >= 15 is 0 Å². The van der Waals surface area contributed by atoms with Crippen LogP contribution in [-0.4, -0.2) is 11.2 Å². The fraction of sp³-hybridized carbons (Fsp3) is 0.111. The number of aliphatic imine (C=N–C) groups is 1. The third kappa shape index (κ3) is 3.95. The van der Waals surface area contributed by atoms with Gasteiger partial charge in [0.2, 0.25) is 0 Å². The maximum atomic E-state index is 10.5. The molecule has 0 aromatic heterocycles. The minimum absolute atomic E-state index is 0.0776. The Bertz CT molecular complexity index is 337. The number of guanidine groups is 1. The number of rotatable bonds is 2. The first-order valence-electron chi connectivity index (χ1n) is 4.02. The highest BCUT2D eigenvalue weighted by Crippen LogP contribution is 1.99. The first kappa shape index (κ1) is 10.6. The lowest BCUT2D eigenvalue weighted by molar-refractivity contribution is 0.264. The number of thiol groups is 1. The van der Waals surface area contributed by atoms with E-state index in [1.807, 2.05) is 30.3 Å². The summed E-state index contributed by atoms with van der Waals surface area (Å²) in [6, 6.07) is 9.61. The molecule has 0 radical (unpaired) electrons. The van der Waals surface area contributed by atoms with Crippen molar-refractivity contribution in [3.05, 3.63) is 35.9 Å². The van der Waals surface area contributed by atoms with Crippen LogP contribution in [0.25, 0.3) is 0 Å². The van der Waals surface area contributed by atoms with Crippen LogP contribution in [0.2, 0.25) is 0 Å². The number of benzene rings is 1. The van der Waals surface area contributed by atoms with Crippen molar-refractivity contribution in [1.29, 1.82) is 0 Å². The molecule has 1 amide bonds. The number of nitrogens with one attached hydrogen (secondary N) is 1. The van der Waals surface area contributed by atoms with Crippen molar-refractivity contribution in [3.8, 4) is 0 Å². The van der Waals surface area contributed by atoms with E-state index in [1.54, 1.807) is 0 Å². The Morgan fingerprint density at radius 3 is 2.64 bits per heavy atom. The molecule has 0 fully saturated rings. The predicted molar refractivity (Wildman–Crippen MR) is 59.3 cm³/mol. The van der Waals surface area contributed by atoms with E-state index in [-0.39, 0.29) is 5.96 Å². The first-order valence-corrected chi connectivity index (χ1v) is 4.47. The van der Waals surface area contributed by atoms with Gasteiger partial charge in [0.25, 0.3) is 5.24 Å². The fourth-order valence-corrected chi connectivity index (χ4v) is 1.02. The van der Waals surface area contributed by atoms with Gasteiger partial charge in [0, 0.05) is 0 Å². The van der Waals surface area contributed by atoms with Crippen LogP contribution >= 0.6 is 12.6 Å². The van der Waals surface area contributed by atoms with Crippen LogP contribution in [0.15, 0.2) is 35.3 Å². The van der Waals surface area contributed by atoms with E-state index in [2.05, 4.69) is 22.9 Å². The van der Waals surface area contributed by atoms with Gasteiger partial charge in [-0.3, -0.25) is 10.1 Å². The molecular formula is C9H11N3OS. The van der Waals surface area contributed by atoms with Gasteiger partial charge in [-0.15, -0.1) is 0 Å². The van der Waals surface area contributed by atoms with Crippen LogP contribution in [0.3, 0.4) is 0 Å². The number of hydrogen-bond donors (Lipinski definition) is 3. The Morgan fingerprint density at radius 2 is 2.07 bits per heavy atom. The summed E-state index contributed by atoms with van der Waals surface area (Å²) in [6.45, 7) is 0.445. The highest BCUT2D eigenvalue weighted by Gasteiger charge is 1.95. The molecular weight excluding hydrogens is 198 g/mol. The minimum Gasteiger partial charge on any atom is -0.370 e. The summed E-state index contributed by atoms with van der Waals surface area (Å²) in [4.78, 5) is 14.4. The molecule has 0 aliphatic heterocycles. The summed E-state index contributed by atoms with van der Waals surface area (Å²) in [5.74, 6) is 0.0776. The van der Waals surface area contributed by atoms with Crippen LogP contribution < -0.4 is 11.1 Å².